The highest BCUT2D eigenvalue weighted by Gasteiger charge is 2.27. The van der Waals surface area contributed by atoms with E-state index in [1.54, 1.807) is 6.92 Å². The molecule has 1 unspecified atom stereocenters. The minimum atomic E-state index is -1.33. The van der Waals surface area contributed by atoms with Crippen LogP contribution in [0.3, 0.4) is 0 Å². The molecule has 0 amide bonds. The zero-order valence-electron chi connectivity index (χ0n) is 9.06. The molecule has 2 nitrogen and oxygen atoms in total. The van der Waals surface area contributed by atoms with Crippen molar-refractivity contribution in [1.29, 1.82) is 0 Å². The predicted molar refractivity (Wildman–Crippen MR) is 62.5 cm³/mol. The fourth-order valence-corrected chi connectivity index (χ4v) is 1.90. The van der Waals surface area contributed by atoms with E-state index in [9.17, 15) is 9.50 Å². The molecule has 0 heterocycles. The Balaban J connectivity index is 3.07. The first-order valence-corrected chi connectivity index (χ1v) is 5.59. The molecule has 0 radical (unpaired) electrons. The van der Waals surface area contributed by atoms with Crippen LogP contribution in [-0.4, -0.2) is 18.3 Å². The number of hydrogen-bond acceptors (Lipinski definition) is 2. The molecule has 0 saturated carbocycles. The second-order valence-corrected chi connectivity index (χ2v) is 4.47. The maximum Gasteiger partial charge on any atom is 0.142 e. The third-order valence-corrected chi connectivity index (χ3v) is 2.78. The maximum atomic E-state index is 13.3. The highest BCUT2D eigenvalue weighted by atomic mass is 35.5. The lowest BCUT2D eigenvalue weighted by atomic mass is 9.97. The molecule has 1 rings (SSSR count). The predicted octanol–water partition coefficient (Wildman–Crippen LogP) is 3.38. The molecule has 1 N–H and O–H groups in total. The lowest BCUT2D eigenvalue weighted by molar-refractivity contribution is -0.0344. The quantitative estimate of drug-likeness (QED) is 0.847. The van der Waals surface area contributed by atoms with Crippen LogP contribution in [0.25, 0.3) is 0 Å². The van der Waals surface area contributed by atoms with Crippen molar-refractivity contribution in [2.45, 2.75) is 19.4 Å². The molecule has 0 aliphatic rings. The van der Waals surface area contributed by atoms with Crippen LogP contribution in [-0.2, 0) is 10.3 Å². The van der Waals surface area contributed by atoms with Gasteiger partial charge >= 0.3 is 0 Å². The van der Waals surface area contributed by atoms with Gasteiger partial charge in [0.25, 0.3) is 0 Å². The first kappa shape index (κ1) is 13.7. The van der Waals surface area contributed by atoms with E-state index in [-0.39, 0.29) is 22.2 Å². The van der Waals surface area contributed by atoms with Crippen LogP contribution in [0.2, 0.25) is 10.0 Å². The van der Waals surface area contributed by atoms with E-state index in [1.807, 2.05) is 0 Å². The molecule has 0 aromatic heterocycles. The van der Waals surface area contributed by atoms with Crippen molar-refractivity contribution in [1.82, 2.24) is 0 Å². The second-order valence-electron chi connectivity index (χ2n) is 3.66. The van der Waals surface area contributed by atoms with E-state index in [1.165, 1.54) is 13.0 Å². The van der Waals surface area contributed by atoms with Gasteiger partial charge in [0.1, 0.15) is 11.4 Å². The number of halogens is 3. The van der Waals surface area contributed by atoms with Gasteiger partial charge in [-0.2, -0.15) is 0 Å². The third kappa shape index (κ3) is 3.08. The number of rotatable bonds is 4. The van der Waals surface area contributed by atoms with Crippen LogP contribution in [0.4, 0.5) is 4.39 Å². The maximum absolute atomic E-state index is 13.3. The van der Waals surface area contributed by atoms with Gasteiger partial charge in [-0.25, -0.2) is 4.39 Å². The average molecular weight is 267 g/mol. The van der Waals surface area contributed by atoms with Gasteiger partial charge < -0.3 is 9.84 Å². The summed E-state index contributed by atoms with van der Waals surface area (Å²) in [5.74, 6) is -0.613. The highest BCUT2D eigenvalue weighted by molar-refractivity contribution is 6.35. The Labute approximate surface area is 104 Å². The van der Waals surface area contributed by atoms with E-state index < -0.39 is 11.4 Å². The Morgan fingerprint density at radius 1 is 1.38 bits per heavy atom. The van der Waals surface area contributed by atoms with Crippen LogP contribution in [0.15, 0.2) is 12.1 Å². The molecule has 16 heavy (non-hydrogen) atoms. The molecular formula is C11H13Cl2FO2. The SMILES string of the molecule is CCOCC(C)(O)c1cc(F)c(Cl)cc1Cl. The van der Waals surface area contributed by atoms with E-state index >= 15 is 0 Å². The van der Waals surface area contributed by atoms with Crippen molar-refractivity contribution in [2.24, 2.45) is 0 Å². The number of hydrogen-bond donors (Lipinski definition) is 1. The summed E-state index contributed by atoms with van der Waals surface area (Å²) < 4.78 is 18.4. The van der Waals surface area contributed by atoms with Crippen molar-refractivity contribution in [3.63, 3.8) is 0 Å². The Morgan fingerprint density at radius 3 is 2.56 bits per heavy atom. The molecule has 90 valence electrons. The fraction of sp³-hybridized carbons (Fsp3) is 0.455. The third-order valence-electron chi connectivity index (χ3n) is 2.18. The van der Waals surface area contributed by atoms with Gasteiger partial charge in [-0.1, -0.05) is 23.2 Å². The van der Waals surface area contributed by atoms with Crippen LogP contribution in [0.1, 0.15) is 19.4 Å². The first-order valence-electron chi connectivity index (χ1n) is 4.83. The van der Waals surface area contributed by atoms with Crippen molar-refractivity contribution in [2.75, 3.05) is 13.2 Å². The Morgan fingerprint density at radius 2 is 2.00 bits per heavy atom. The van der Waals surface area contributed by atoms with Crippen LogP contribution in [0, 0.1) is 5.82 Å². The van der Waals surface area contributed by atoms with Gasteiger partial charge in [0, 0.05) is 17.2 Å². The summed E-state index contributed by atoms with van der Waals surface area (Å²) in [6.45, 7) is 3.82. The molecule has 1 aromatic rings. The van der Waals surface area contributed by atoms with E-state index in [4.69, 9.17) is 27.9 Å². The van der Waals surface area contributed by atoms with Crippen LogP contribution < -0.4 is 0 Å². The molecule has 1 aromatic carbocycles. The molecule has 5 heteroatoms. The van der Waals surface area contributed by atoms with Gasteiger partial charge in [0.2, 0.25) is 0 Å². The summed E-state index contributed by atoms with van der Waals surface area (Å²) in [5, 5.41) is 10.2. The Hall–Kier alpha value is -0.350. The zero-order chi connectivity index (χ0) is 12.3. The number of ether oxygens (including phenoxy) is 1. The highest BCUT2D eigenvalue weighted by Crippen LogP contribution is 2.32. The fourth-order valence-electron chi connectivity index (χ4n) is 1.31. The molecular weight excluding hydrogens is 254 g/mol. The summed E-state index contributed by atoms with van der Waals surface area (Å²) in [4.78, 5) is 0. The van der Waals surface area contributed by atoms with E-state index in [0.29, 0.717) is 6.61 Å². The topological polar surface area (TPSA) is 29.5 Å². The summed E-state index contributed by atoms with van der Waals surface area (Å²) in [6, 6.07) is 2.40. The minimum absolute atomic E-state index is 0.0459. The van der Waals surface area contributed by atoms with Crippen LogP contribution >= 0.6 is 23.2 Å². The van der Waals surface area contributed by atoms with Crippen molar-refractivity contribution < 1.29 is 14.2 Å². The summed E-state index contributed by atoms with van der Waals surface area (Å²) in [7, 11) is 0. The van der Waals surface area contributed by atoms with Crippen molar-refractivity contribution >= 4 is 23.2 Å². The Bertz CT molecular complexity index is 380. The van der Waals surface area contributed by atoms with Crippen molar-refractivity contribution in [3.05, 3.63) is 33.6 Å². The van der Waals surface area contributed by atoms with Gasteiger partial charge in [-0.15, -0.1) is 0 Å². The van der Waals surface area contributed by atoms with Gasteiger partial charge in [-0.05, 0) is 26.0 Å². The minimum Gasteiger partial charge on any atom is -0.383 e. The largest absolute Gasteiger partial charge is 0.383 e. The van der Waals surface area contributed by atoms with Crippen molar-refractivity contribution in [3.8, 4) is 0 Å². The van der Waals surface area contributed by atoms with Gasteiger partial charge in [-0.3, -0.25) is 0 Å². The van der Waals surface area contributed by atoms with Gasteiger partial charge in [0.15, 0.2) is 0 Å². The Kier molecular flexibility index (Phi) is 4.56. The zero-order valence-corrected chi connectivity index (χ0v) is 10.6. The summed E-state index contributed by atoms with van der Waals surface area (Å²) >= 11 is 11.5. The number of aliphatic hydroxyl groups is 1. The summed E-state index contributed by atoms with van der Waals surface area (Å²) in [6.07, 6.45) is 0. The lowest BCUT2D eigenvalue weighted by Crippen LogP contribution is -2.28. The normalized spacial score (nSPS) is 14.9. The second kappa shape index (κ2) is 5.32. The molecule has 0 aliphatic heterocycles. The lowest BCUT2D eigenvalue weighted by Gasteiger charge is -2.24. The van der Waals surface area contributed by atoms with Crippen LogP contribution in [0.5, 0.6) is 0 Å². The smallest absolute Gasteiger partial charge is 0.142 e. The molecule has 0 spiro atoms. The molecule has 1 atom stereocenters. The van der Waals surface area contributed by atoms with Gasteiger partial charge in [0.05, 0.1) is 11.6 Å². The first-order chi connectivity index (χ1) is 7.38. The monoisotopic (exact) mass is 266 g/mol. The van der Waals surface area contributed by atoms with E-state index in [2.05, 4.69) is 0 Å². The molecule has 0 bridgehead atoms. The molecule has 0 fully saturated rings. The average Bonchev–Trinajstić information content (AvgIpc) is 2.20. The number of benzene rings is 1. The van der Waals surface area contributed by atoms with E-state index in [0.717, 1.165) is 6.07 Å². The molecule has 0 aliphatic carbocycles. The standard InChI is InChI=1S/C11H13Cl2FO2/c1-3-16-6-11(2,15)7-4-10(14)9(13)5-8(7)12/h4-5,15H,3,6H2,1-2H3. The molecule has 0 saturated heterocycles. The summed E-state index contributed by atoms with van der Waals surface area (Å²) in [5.41, 5.74) is -1.07.